The molecule has 102 valence electrons. The molecule has 0 aliphatic carbocycles. The van der Waals surface area contributed by atoms with E-state index in [9.17, 15) is 4.79 Å². The van der Waals surface area contributed by atoms with Crippen molar-refractivity contribution in [2.24, 2.45) is 17.6 Å². The van der Waals surface area contributed by atoms with Crippen LogP contribution < -0.4 is 11.1 Å². The zero-order valence-corrected chi connectivity index (χ0v) is 12.3. The molecule has 0 aliphatic heterocycles. The largest absolute Gasteiger partial charge is 0.349 e. The van der Waals surface area contributed by atoms with Gasteiger partial charge in [-0.1, -0.05) is 19.9 Å². The molecule has 0 aliphatic rings. The van der Waals surface area contributed by atoms with Gasteiger partial charge in [0.2, 0.25) is 5.91 Å². The van der Waals surface area contributed by atoms with E-state index in [-0.39, 0.29) is 11.9 Å². The van der Waals surface area contributed by atoms with E-state index in [0.717, 1.165) is 6.42 Å². The number of nitrogens with two attached hydrogens (primary N) is 1. The Bertz CT molecular complexity index is 349. The number of rotatable bonds is 7. The molecule has 1 rings (SSSR count). The maximum absolute atomic E-state index is 11.9. The lowest BCUT2D eigenvalue weighted by Crippen LogP contribution is -2.30. The number of nitrogens with one attached hydrogen (secondary N) is 1. The number of amides is 1. The van der Waals surface area contributed by atoms with Crippen LogP contribution in [-0.2, 0) is 4.79 Å². The SMILES string of the molecule is CC(C)C[C@H](CN)CC(=O)N[C@@H](C)c1cccs1. The summed E-state index contributed by atoms with van der Waals surface area (Å²) in [5.41, 5.74) is 5.72. The topological polar surface area (TPSA) is 55.1 Å². The minimum absolute atomic E-state index is 0.0926. The van der Waals surface area contributed by atoms with Crippen LogP contribution in [-0.4, -0.2) is 12.5 Å². The van der Waals surface area contributed by atoms with Gasteiger partial charge >= 0.3 is 0 Å². The molecule has 4 heteroatoms. The Kier molecular flexibility index (Phi) is 6.36. The summed E-state index contributed by atoms with van der Waals surface area (Å²) in [6.45, 7) is 6.92. The van der Waals surface area contributed by atoms with Gasteiger partial charge in [-0.3, -0.25) is 4.79 Å². The molecule has 0 unspecified atom stereocenters. The second-order valence-corrected chi connectivity index (χ2v) is 6.22. The first-order valence-corrected chi connectivity index (χ1v) is 7.43. The summed E-state index contributed by atoms with van der Waals surface area (Å²) in [6.07, 6.45) is 1.54. The highest BCUT2D eigenvalue weighted by Crippen LogP contribution is 2.19. The number of carbonyl (C=O) groups is 1. The molecule has 2 atom stereocenters. The van der Waals surface area contributed by atoms with E-state index in [1.807, 2.05) is 24.4 Å². The average Bonchev–Trinajstić information content (AvgIpc) is 2.80. The van der Waals surface area contributed by atoms with Gasteiger partial charge in [0.25, 0.3) is 0 Å². The lowest BCUT2D eigenvalue weighted by molar-refractivity contribution is -0.122. The Balaban J connectivity index is 2.40. The molecule has 18 heavy (non-hydrogen) atoms. The molecule has 3 nitrogen and oxygen atoms in total. The van der Waals surface area contributed by atoms with E-state index in [2.05, 4.69) is 19.2 Å². The van der Waals surface area contributed by atoms with Gasteiger partial charge < -0.3 is 11.1 Å². The maximum Gasteiger partial charge on any atom is 0.220 e. The number of carbonyl (C=O) groups excluding carboxylic acids is 1. The van der Waals surface area contributed by atoms with Crippen molar-refractivity contribution < 1.29 is 4.79 Å². The van der Waals surface area contributed by atoms with Crippen molar-refractivity contribution in [3.05, 3.63) is 22.4 Å². The summed E-state index contributed by atoms with van der Waals surface area (Å²) in [4.78, 5) is 13.1. The Hall–Kier alpha value is -0.870. The molecule has 0 bridgehead atoms. The van der Waals surface area contributed by atoms with Gasteiger partial charge in [0.15, 0.2) is 0 Å². The third-order valence-electron chi connectivity index (χ3n) is 2.96. The first-order valence-electron chi connectivity index (χ1n) is 6.55. The third-order valence-corrected chi connectivity index (χ3v) is 4.01. The quantitative estimate of drug-likeness (QED) is 0.799. The molecule has 1 amide bonds. The van der Waals surface area contributed by atoms with Gasteiger partial charge in [0.05, 0.1) is 6.04 Å². The number of thiophene rings is 1. The molecule has 0 saturated heterocycles. The molecule has 1 heterocycles. The first-order chi connectivity index (χ1) is 8.52. The van der Waals surface area contributed by atoms with Crippen LogP contribution in [0.3, 0.4) is 0 Å². The molecule has 0 fully saturated rings. The van der Waals surface area contributed by atoms with Crippen molar-refractivity contribution in [2.75, 3.05) is 6.54 Å². The minimum Gasteiger partial charge on any atom is -0.349 e. The molecule has 1 aromatic heterocycles. The van der Waals surface area contributed by atoms with Crippen molar-refractivity contribution >= 4 is 17.2 Å². The van der Waals surface area contributed by atoms with Crippen molar-refractivity contribution in [1.82, 2.24) is 5.32 Å². The lowest BCUT2D eigenvalue weighted by atomic mass is 9.94. The van der Waals surface area contributed by atoms with E-state index in [4.69, 9.17) is 5.73 Å². The van der Waals surface area contributed by atoms with Crippen LogP contribution in [0.2, 0.25) is 0 Å². The predicted molar refractivity (Wildman–Crippen MR) is 77.5 cm³/mol. The highest BCUT2D eigenvalue weighted by molar-refractivity contribution is 7.10. The number of hydrogen-bond acceptors (Lipinski definition) is 3. The fraction of sp³-hybridized carbons (Fsp3) is 0.643. The van der Waals surface area contributed by atoms with Gasteiger partial charge in [0, 0.05) is 11.3 Å². The Morgan fingerprint density at radius 1 is 1.44 bits per heavy atom. The van der Waals surface area contributed by atoms with E-state index in [1.165, 1.54) is 4.88 Å². The molecule has 0 saturated carbocycles. The van der Waals surface area contributed by atoms with Crippen LogP contribution in [0.4, 0.5) is 0 Å². The molecule has 1 aromatic rings. The lowest BCUT2D eigenvalue weighted by Gasteiger charge is -2.18. The molecule has 0 aromatic carbocycles. The summed E-state index contributed by atoms with van der Waals surface area (Å²) in [5.74, 6) is 0.980. The molecule has 3 N–H and O–H groups in total. The van der Waals surface area contributed by atoms with E-state index < -0.39 is 0 Å². The zero-order chi connectivity index (χ0) is 13.5. The molecule has 0 radical (unpaired) electrons. The summed E-state index contributed by atoms with van der Waals surface area (Å²) in [5, 5.41) is 5.06. The number of hydrogen-bond donors (Lipinski definition) is 2. The van der Waals surface area contributed by atoms with Gasteiger partial charge in [-0.05, 0) is 43.2 Å². The smallest absolute Gasteiger partial charge is 0.220 e. The van der Waals surface area contributed by atoms with Crippen LogP contribution in [0.5, 0.6) is 0 Å². The van der Waals surface area contributed by atoms with Crippen molar-refractivity contribution in [1.29, 1.82) is 0 Å². The van der Waals surface area contributed by atoms with Gasteiger partial charge in [0.1, 0.15) is 0 Å². The second kappa shape index (κ2) is 7.54. The normalized spacial score (nSPS) is 14.5. The predicted octanol–water partition coefficient (Wildman–Crippen LogP) is 2.94. The molecular weight excluding hydrogens is 244 g/mol. The highest BCUT2D eigenvalue weighted by Gasteiger charge is 2.16. The van der Waals surface area contributed by atoms with Crippen LogP contribution in [0.1, 0.15) is 44.5 Å². The van der Waals surface area contributed by atoms with Crippen molar-refractivity contribution in [3.63, 3.8) is 0 Å². The van der Waals surface area contributed by atoms with Gasteiger partial charge in [-0.2, -0.15) is 0 Å². The summed E-state index contributed by atoms with van der Waals surface area (Å²) in [7, 11) is 0. The molecular formula is C14H24N2OS. The second-order valence-electron chi connectivity index (χ2n) is 5.24. The monoisotopic (exact) mass is 268 g/mol. The van der Waals surface area contributed by atoms with Crippen LogP contribution in [0.15, 0.2) is 17.5 Å². The fourth-order valence-electron chi connectivity index (χ4n) is 2.10. The van der Waals surface area contributed by atoms with Crippen molar-refractivity contribution in [2.45, 2.75) is 39.7 Å². The molecule has 0 spiro atoms. The third kappa shape index (κ3) is 5.19. The summed E-state index contributed by atoms with van der Waals surface area (Å²) >= 11 is 1.67. The van der Waals surface area contributed by atoms with E-state index in [0.29, 0.717) is 24.8 Å². The fourth-order valence-corrected chi connectivity index (χ4v) is 2.84. The van der Waals surface area contributed by atoms with Crippen LogP contribution >= 0.6 is 11.3 Å². The van der Waals surface area contributed by atoms with Crippen LogP contribution in [0, 0.1) is 11.8 Å². The van der Waals surface area contributed by atoms with Crippen LogP contribution in [0.25, 0.3) is 0 Å². The van der Waals surface area contributed by atoms with Gasteiger partial charge in [-0.25, -0.2) is 0 Å². The first kappa shape index (κ1) is 15.2. The minimum atomic E-state index is 0.0926. The summed E-state index contributed by atoms with van der Waals surface area (Å²) < 4.78 is 0. The Labute approximate surface area is 114 Å². The average molecular weight is 268 g/mol. The highest BCUT2D eigenvalue weighted by atomic mass is 32.1. The maximum atomic E-state index is 11.9. The van der Waals surface area contributed by atoms with Gasteiger partial charge in [-0.15, -0.1) is 11.3 Å². The van der Waals surface area contributed by atoms with Crippen molar-refractivity contribution in [3.8, 4) is 0 Å². The van der Waals surface area contributed by atoms with E-state index >= 15 is 0 Å². The Morgan fingerprint density at radius 2 is 2.17 bits per heavy atom. The summed E-state index contributed by atoms with van der Waals surface area (Å²) in [6, 6.07) is 4.14. The van der Waals surface area contributed by atoms with E-state index in [1.54, 1.807) is 11.3 Å². The Morgan fingerprint density at radius 3 is 2.67 bits per heavy atom. The standard InChI is InChI=1S/C14H24N2OS/c1-10(2)7-12(9-15)8-14(17)16-11(3)13-5-4-6-18-13/h4-6,10-12H,7-9,15H2,1-3H3,(H,16,17)/t11-,12-/m0/s1. The zero-order valence-electron chi connectivity index (χ0n) is 11.5.